The van der Waals surface area contributed by atoms with Crippen molar-refractivity contribution in [3.8, 4) is 45.1 Å². The summed E-state index contributed by atoms with van der Waals surface area (Å²) in [5, 5.41) is 16.6. The van der Waals surface area contributed by atoms with E-state index in [2.05, 4.69) is 137 Å². The van der Waals surface area contributed by atoms with E-state index >= 15 is 0 Å². The van der Waals surface area contributed by atoms with Gasteiger partial charge in [-0.05, 0) is 85.8 Å². The average molecular weight is 622 g/mol. The highest BCUT2D eigenvalue weighted by molar-refractivity contribution is 6.21. The minimum absolute atomic E-state index is 0.586. The summed E-state index contributed by atoms with van der Waals surface area (Å²) in [5.74, 6) is 0. The van der Waals surface area contributed by atoms with E-state index in [-0.39, 0.29) is 0 Å². The Bertz CT molecular complexity index is 2790. The van der Waals surface area contributed by atoms with Crippen molar-refractivity contribution in [2.45, 2.75) is 0 Å². The molecule has 1 aromatic heterocycles. The maximum Gasteiger partial charge on any atom is 0.196 e. The van der Waals surface area contributed by atoms with Gasteiger partial charge < -0.3 is 4.57 Å². The van der Waals surface area contributed by atoms with Crippen LogP contribution in [0.2, 0.25) is 0 Å². The third kappa shape index (κ3) is 4.42. The Morgan fingerprint density at radius 3 is 1.63 bits per heavy atom. The first-order chi connectivity index (χ1) is 24.2. The van der Waals surface area contributed by atoms with Crippen LogP contribution < -0.4 is 0 Å². The summed E-state index contributed by atoms with van der Waals surface area (Å²) in [6.07, 6.45) is 0. The Labute approximate surface area is 284 Å². The monoisotopic (exact) mass is 621 g/mol. The molecule has 49 heavy (non-hydrogen) atoms. The fourth-order valence-corrected chi connectivity index (χ4v) is 7.59. The second kappa shape index (κ2) is 11.4. The molecule has 0 amide bonds. The largest absolute Gasteiger partial charge is 0.310 e. The van der Waals surface area contributed by atoms with Gasteiger partial charge in [0.15, 0.2) is 5.69 Å². The molecule has 9 aromatic rings. The molecule has 0 aliphatic carbocycles. The first-order valence-electron chi connectivity index (χ1n) is 16.3. The van der Waals surface area contributed by atoms with Gasteiger partial charge in [0.1, 0.15) is 0 Å². The molecule has 1 heterocycles. The Balaban J connectivity index is 1.33. The number of aromatic nitrogens is 1. The fourth-order valence-electron chi connectivity index (χ4n) is 7.59. The van der Waals surface area contributed by atoms with Crippen LogP contribution in [0.15, 0.2) is 164 Å². The van der Waals surface area contributed by atoms with Crippen molar-refractivity contribution in [3.05, 3.63) is 181 Å². The molecule has 0 radical (unpaired) electrons. The molecule has 0 saturated heterocycles. The zero-order valence-corrected chi connectivity index (χ0v) is 26.4. The molecule has 0 spiro atoms. The van der Waals surface area contributed by atoms with Crippen molar-refractivity contribution in [2.75, 3.05) is 0 Å². The van der Waals surface area contributed by atoms with Gasteiger partial charge in [0.2, 0.25) is 0 Å². The molecule has 3 nitrogen and oxygen atoms in total. The number of hydrogen-bond acceptors (Lipinski definition) is 1. The van der Waals surface area contributed by atoms with Crippen molar-refractivity contribution < 1.29 is 0 Å². The maximum atomic E-state index is 9.69. The molecule has 0 aliphatic heterocycles. The Morgan fingerprint density at radius 2 is 0.980 bits per heavy atom. The van der Waals surface area contributed by atoms with Crippen molar-refractivity contribution in [3.63, 3.8) is 0 Å². The molecule has 0 aliphatic rings. The van der Waals surface area contributed by atoms with Crippen molar-refractivity contribution in [1.29, 1.82) is 5.26 Å². The lowest BCUT2D eigenvalue weighted by atomic mass is 9.85. The van der Waals surface area contributed by atoms with Crippen LogP contribution in [0.3, 0.4) is 0 Å². The van der Waals surface area contributed by atoms with E-state index in [1.165, 1.54) is 38.2 Å². The second-order valence-corrected chi connectivity index (χ2v) is 12.3. The summed E-state index contributed by atoms with van der Waals surface area (Å²) >= 11 is 0. The van der Waals surface area contributed by atoms with E-state index in [4.69, 9.17) is 6.57 Å². The van der Waals surface area contributed by atoms with Gasteiger partial charge in [-0.3, -0.25) is 0 Å². The molecule has 3 heteroatoms. The molecular weight excluding hydrogens is 595 g/mol. The van der Waals surface area contributed by atoms with Crippen LogP contribution in [0.1, 0.15) is 5.56 Å². The number of benzene rings is 8. The maximum absolute atomic E-state index is 9.69. The number of rotatable bonds is 4. The lowest BCUT2D eigenvalue weighted by Crippen LogP contribution is -1.98. The minimum atomic E-state index is 0.586. The number of nitriles is 1. The highest BCUT2D eigenvalue weighted by Gasteiger charge is 2.20. The van der Waals surface area contributed by atoms with Crippen LogP contribution in [0.4, 0.5) is 5.69 Å². The predicted molar refractivity (Wildman–Crippen MR) is 203 cm³/mol. The van der Waals surface area contributed by atoms with E-state index in [0.29, 0.717) is 11.3 Å². The molecule has 226 valence electrons. The van der Waals surface area contributed by atoms with E-state index in [0.717, 1.165) is 44.2 Å². The minimum Gasteiger partial charge on any atom is -0.310 e. The van der Waals surface area contributed by atoms with Crippen LogP contribution in [-0.4, -0.2) is 4.57 Å². The van der Waals surface area contributed by atoms with E-state index in [1.807, 2.05) is 42.5 Å². The van der Waals surface area contributed by atoms with Gasteiger partial charge in [-0.25, -0.2) is 4.85 Å². The molecule has 0 N–H and O–H groups in total. The Kier molecular flexibility index (Phi) is 6.58. The second-order valence-electron chi connectivity index (χ2n) is 12.3. The average Bonchev–Trinajstić information content (AvgIpc) is 3.50. The molecule has 0 unspecified atom stereocenters. The topological polar surface area (TPSA) is 33.1 Å². The first-order valence-corrected chi connectivity index (χ1v) is 16.3. The zero-order chi connectivity index (χ0) is 32.9. The van der Waals surface area contributed by atoms with Crippen LogP contribution in [-0.2, 0) is 0 Å². The van der Waals surface area contributed by atoms with Gasteiger partial charge in [-0.15, -0.1) is 0 Å². The van der Waals surface area contributed by atoms with Crippen LogP contribution in [0.25, 0.3) is 87.3 Å². The molecule has 0 bridgehead atoms. The summed E-state index contributed by atoms with van der Waals surface area (Å²) in [4.78, 5) is 4.05. The standard InChI is InChI=1S/C46H27N3/c1-48-40-22-12-24-43(49-41-23-10-9-17-34(41)39-27-30(29-47)25-26-42(39)49)46(40)33-16-11-15-32(28-33)45-37-20-7-5-18-35(37)44(31-13-3-2-4-14-31)36-19-6-8-21-38(36)45/h2-28H. The van der Waals surface area contributed by atoms with Crippen LogP contribution in [0.5, 0.6) is 0 Å². The molecule has 0 fully saturated rings. The molecule has 0 atom stereocenters. The quantitative estimate of drug-likeness (QED) is 0.142. The molecule has 0 saturated carbocycles. The number of para-hydroxylation sites is 1. The lowest BCUT2D eigenvalue weighted by molar-refractivity contribution is 1.18. The van der Waals surface area contributed by atoms with Crippen molar-refractivity contribution >= 4 is 49.0 Å². The summed E-state index contributed by atoms with van der Waals surface area (Å²) in [6.45, 7) is 8.25. The number of hydrogen-bond donors (Lipinski definition) is 0. The van der Waals surface area contributed by atoms with Gasteiger partial charge in [0, 0.05) is 22.0 Å². The fraction of sp³-hybridized carbons (Fsp3) is 0. The smallest absolute Gasteiger partial charge is 0.196 e. The van der Waals surface area contributed by atoms with Crippen molar-refractivity contribution in [2.24, 2.45) is 0 Å². The summed E-state index contributed by atoms with van der Waals surface area (Å²) in [7, 11) is 0. The molecule has 8 aromatic carbocycles. The SMILES string of the molecule is [C-]#[N+]c1cccc(-n2c3ccccc3c3cc(C#N)ccc32)c1-c1cccc(-c2c3ccccc3c(-c3ccccc3)c3ccccc23)c1. The highest BCUT2D eigenvalue weighted by atomic mass is 15.0. The van der Waals surface area contributed by atoms with Crippen LogP contribution >= 0.6 is 0 Å². The summed E-state index contributed by atoms with van der Waals surface area (Å²) in [5.41, 5.74) is 10.7. The normalized spacial score (nSPS) is 11.2. The van der Waals surface area contributed by atoms with Crippen LogP contribution in [0, 0.1) is 17.9 Å². The first kappa shape index (κ1) is 28.3. The lowest BCUT2D eigenvalue weighted by Gasteiger charge is -2.19. The van der Waals surface area contributed by atoms with E-state index in [1.54, 1.807) is 0 Å². The highest BCUT2D eigenvalue weighted by Crippen LogP contribution is 2.46. The Hall–Kier alpha value is -6.94. The molecular formula is C46H27N3. The zero-order valence-electron chi connectivity index (χ0n) is 26.4. The summed E-state index contributed by atoms with van der Waals surface area (Å²) < 4.78 is 2.24. The third-order valence-electron chi connectivity index (χ3n) is 9.62. The van der Waals surface area contributed by atoms with Crippen molar-refractivity contribution in [1.82, 2.24) is 4.57 Å². The van der Waals surface area contributed by atoms with Gasteiger partial charge >= 0.3 is 0 Å². The number of fused-ring (bicyclic) bond motifs is 5. The third-order valence-corrected chi connectivity index (χ3v) is 9.62. The number of nitrogens with zero attached hydrogens (tertiary/aromatic N) is 3. The van der Waals surface area contributed by atoms with Gasteiger partial charge in [0.05, 0.1) is 29.2 Å². The van der Waals surface area contributed by atoms with Gasteiger partial charge in [0.25, 0.3) is 0 Å². The van der Waals surface area contributed by atoms with E-state index in [9.17, 15) is 5.26 Å². The summed E-state index contributed by atoms with van der Waals surface area (Å²) in [6, 6.07) is 59.0. The van der Waals surface area contributed by atoms with Gasteiger partial charge in [-0.2, -0.15) is 5.26 Å². The molecule has 9 rings (SSSR count). The van der Waals surface area contributed by atoms with E-state index < -0.39 is 0 Å². The predicted octanol–water partition coefficient (Wildman–Crippen LogP) is 12.5. The Morgan fingerprint density at radius 1 is 0.449 bits per heavy atom. The van der Waals surface area contributed by atoms with Gasteiger partial charge in [-0.1, -0.05) is 127 Å².